The zero-order valence-electron chi connectivity index (χ0n) is 10.9. The van der Waals surface area contributed by atoms with Crippen LogP contribution in [0.4, 0.5) is 0 Å². The Morgan fingerprint density at radius 3 is 2.65 bits per heavy atom. The summed E-state index contributed by atoms with van der Waals surface area (Å²) in [6.07, 6.45) is 2.33. The molecule has 0 heterocycles. The molecule has 4 nitrogen and oxygen atoms in total. The normalized spacial score (nSPS) is 13.8. The molecule has 1 amide bonds. The first-order valence-electron chi connectivity index (χ1n) is 6.47. The van der Waals surface area contributed by atoms with E-state index in [2.05, 4.69) is 5.32 Å². The number of hydrogen-bond donors (Lipinski definition) is 1. The fourth-order valence-corrected chi connectivity index (χ4v) is 2.46. The molecule has 0 aromatic heterocycles. The molecule has 1 aliphatic rings. The largest absolute Gasteiger partial charge is 0.456 e. The third-order valence-electron chi connectivity index (χ3n) is 2.70. The molecule has 0 aliphatic heterocycles. The van der Waals surface area contributed by atoms with Crippen LogP contribution in [0, 0.1) is 0 Å². The molecule has 0 spiro atoms. The molecule has 0 unspecified atom stereocenters. The smallest absolute Gasteiger partial charge is 0.307 e. The van der Waals surface area contributed by atoms with Gasteiger partial charge in [0, 0.05) is 21.7 Å². The Balaban J connectivity index is 1.57. The lowest BCUT2D eigenvalue weighted by Crippen LogP contribution is -2.30. The predicted octanol–water partition coefficient (Wildman–Crippen LogP) is 2.64. The number of carbonyl (C=O) groups excluding carboxylic acids is 2. The SMILES string of the molecule is O=C(COC(=O)CCSc1ccc(Cl)cc1)NC1CC1. The monoisotopic (exact) mass is 313 g/mol. The lowest BCUT2D eigenvalue weighted by molar-refractivity contribution is -0.148. The van der Waals surface area contributed by atoms with E-state index >= 15 is 0 Å². The molecule has 0 atom stereocenters. The zero-order valence-corrected chi connectivity index (χ0v) is 12.5. The molecule has 0 bridgehead atoms. The predicted molar refractivity (Wildman–Crippen MR) is 78.9 cm³/mol. The summed E-state index contributed by atoms with van der Waals surface area (Å²) in [4.78, 5) is 23.8. The first-order valence-corrected chi connectivity index (χ1v) is 7.83. The van der Waals surface area contributed by atoms with Gasteiger partial charge in [0.1, 0.15) is 0 Å². The van der Waals surface area contributed by atoms with E-state index in [0.717, 1.165) is 17.7 Å². The number of rotatable bonds is 7. The molecule has 6 heteroatoms. The maximum atomic E-state index is 11.5. The number of carbonyl (C=O) groups is 2. The maximum Gasteiger partial charge on any atom is 0.307 e. The van der Waals surface area contributed by atoms with Crippen LogP contribution < -0.4 is 5.32 Å². The molecular formula is C14H16ClNO3S. The number of thioether (sulfide) groups is 1. The maximum absolute atomic E-state index is 11.5. The van der Waals surface area contributed by atoms with Gasteiger partial charge in [0.25, 0.3) is 5.91 Å². The van der Waals surface area contributed by atoms with Crippen molar-refractivity contribution in [2.75, 3.05) is 12.4 Å². The van der Waals surface area contributed by atoms with E-state index in [9.17, 15) is 9.59 Å². The highest BCUT2D eigenvalue weighted by atomic mass is 35.5. The highest BCUT2D eigenvalue weighted by molar-refractivity contribution is 7.99. The molecule has 1 saturated carbocycles. The summed E-state index contributed by atoms with van der Waals surface area (Å²) in [5, 5.41) is 3.45. The topological polar surface area (TPSA) is 55.4 Å². The minimum Gasteiger partial charge on any atom is -0.456 e. The minimum absolute atomic E-state index is 0.180. The molecule has 2 rings (SSSR count). The van der Waals surface area contributed by atoms with Crippen molar-refractivity contribution in [2.45, 2.75) is 30.2 Å². The van der Waals surface area contributed by atoms with Gasteiger partial charge in [0.05, 0.1) is 6.42 Å². The minimum atomic E-state index is -0.350. The van der Waals surface area contributed by atoms with Crippen molar-refractivity contribution < 1.29 is 14.3 Å². The van der Waals surface area contributed by atoms with Gasteiger partial charge in [0.15, 0.2) is 6.61 Å². The first-order chi connectivity index (χ1) is 9.63. The van der Waals surface area contributed by atoms with Crippen LogP contribution in [0.5, 0.6) is 0 Å². The highest BCUT2D eigenvalue weighted by Gasteiger charge is 2.23. The average Bonchev–Trinajstić information content (AvgIpc) is 3.23. The molecule has 0 radical (unpaired) electrons. The quantitative estimate of drug-likeness (QED) is 0.621. The second kappa shape index (κ2) is 7.55. The van der Waals surface area contributed by atoms with Crippen molar-refractivity contribution in [3.8, 4) is 0 Å². The lowest BCUT2D eigenvalue weighted by atomic mass is 10.4. The Hall–Kier alpha value is -1.20. The number of nitrogens with one attached hydrogen (secondary N) is 1. The van der Waals surface area contributed by atoms with Crippen molar-refractivity contribution in [1.29, 1.82) is 0 Å². The summed E-state index contributed by atoms with van der Waals surface area (Å²) >= 11 is 7.34. The van der Waals surface area contributed by atoms with Gasteiger partial charge in [-0.05, 0) is 37.1 Å². The summed E-state index contributed by atoms with van der Waals surface area (Å²) in [5.41, 5.74) is 0. The molecule has 1 N–H and O–H groups in total. The van der Waals surface area contributed by atoms with E-state index in [1.807, 2.05) is 24.3 Å². The van der Waals surface area contributed by atoms with E-state index in [-0.39, 0.29) is 24.9 Å². The highest BCUT2D eigenvalue weighted by Crippen LogP contribution is 2.21. The molecular weight excluding hydrogens is 298 g/mol. The first kappa shape index (κ1) is 15.2. The van der Waals surface area contributed by atoms with Crippen LogP contribution in [0.2, 0.25) is 5.02 Å². The third kappa shape index (κ3) is 5.84. The van der Waals surface area contributed by atoms with Crippen molar-refractivity contribution in [2.24, 2.45) is 0 Å². The van der Waals surface area contributed by atoms with E-state index in [0.29, 0.717) is 16.8 Å². The van der Waals surface area contributed by atoms with Gasteiger partial charge in [0.2, 0.25) is 0 Å². The number of halogens is 1. The molecule has 1 aliphatic carbocycles. The van der Waals surface area contributed by atoms with Gasteiger partial charge in [-0.1, -0.05) is 11.6 Å². The van der Waals surface area contributed by atoms with Crippen molar-refractivity contribution in [3.05, 3.63) is 29.3 Å². The van der Waals surface area contributed by atoms with Crippen molar-refractivity contribution in [3.63, 3.8) is 0 Å². The lowest BCUT2D eigenvalue weighted by Gasteiger charge is -2.05. The van der Waals surface area contributed by atoms with E-state index in [4.69, 9.17) is 16.3 Å². The summed E-state index contributed by atoms with van der Waals surface area (Å²) in [6, 6.07) is 7.72. The number of ether oxygens (including phenoxy) is 1. The van der Waals surface area contributed by atoms with Crippen LogP contribution in [0.1, 0.15) is 19.3 Å². The van der Waals surface area contributed by atoms with Crippen LogP contribution >= 0.6 is 23.4 Å². The molecule has 0 saturated heterocycles. The van der Waals surface area contributed by atoms with Crippen molar-refractivity contribution >= 4 is 35.2 Å². The Kier molecular flexibility index (Phi) is 5.73. The molecule has 1 aromatic rings. The van der Waals surface area contributed by atoms with E-state index < -0.39 is 0 Å². The second-order valence-electron chi connectivity index (χ2n) is 4.55. The number of amides is 1. The van der Waals surface area contributed by atoms with Crippen molar-refractivity contribution in [1.82, 2.24) is 5.32 Å². The number of hydrogen-bond acceptors (Lipinski definition) is 4. The Bertz CT molecular complexity index is 474. The van der Waals surface area contributed by atoms with Gasteiger partial charge >= 0.3 is 5.97 Å². The van der Waals surface area contributed by atoms with Crippen LogP contribution in [-0.2, 0) is 14.3 Å². The van der Waals surface area contributed by atoms with Gasteiger partial charge in [-0.15, -0.1) is 11.8 Å². The van der Waals surface area contributed by atoms with Gasteiger partial charge in [-0.3, -0.25) is 9.59 Å². The fraction of sp³-hybridized carbons (Fsp3) is 0.429. The fourth-order valence-electron chi connectivity index (χ4n) is 1.50. The van der Waals surface area contributed by atoms with E-state index in [1.54, 1.807) is 11.8 Å². The van der Waals surface area contributed by atoms with Crippen LogP contribution in [0.25, 0.3) is 0 Å². The van der Waals surface area contributed by atoms with Crippen LogP contribution in [-0.4, -0.2) is 30.3 Å². The second-order valence-corrected chi connectivity index (χ2v) is 6.16. The molecule has 108 valence electrons. The summed E-state index contributed by atoms with van der Waals surface area (Å²) in [5.74, 6) is 0.0497. The zero-order chi connectivity index (χ0) is 14.4. The number of benzene rings is 1. The Labute approximate surface area is 127 Å². The Morgan fingerprint density at radius 2 is 2.00 bits per heavy atom. The summed E-state index contributed by atoms with van der Waals surface area (Å²) < 4.78 is 4.90. The average molecular weight is 314 g/mol. The van der Waals surface area contributed by atoms with E-state index in [1.165, 1.54) is 0 Å². The molecule has 1 fully saturated rings. The Morgan fingerprint density at radius 1 is 1.30 bits per heavy atom. The molecule has 1 aromatic carbocycles. The van der Waals surface area contributed by atoms with Gasteiger partial charge in [-0.2, -0.15) is 0 Å². The molecule has 20 heavy (non-hydrogen) atoms. The number of esters is 1. The summed E-state index contributed by atoms with van der Waals surface area (Å²) in [6.45, 7) is -0.180. The standard InChI is InChI=1S/C14H16ClNO3S/c15-10-1-5-12(6-2-10)20-8-7-14(18)19-9-13(17)16-11-3-4-11/h1-2,5-6,11H,3-4,7-9H2,(H,16,17). The van der Waals surface area contributed by atoms with Crippen LogP contribution in [0.15, 0.2) is 29.2 Å². The van der Waals surface area contributed by atoms with Gasteiger partial charge < -0.3 is 10.1 Å². The van der Waals surface area contributed by atoms with Gasteiger partial charge in [-0.25, -0.2) is 0 Å². The third-order valence-corrected chi connectivity index (χ3v) is 3.96. The summed E-state index contributed by atoms with van der Waals surface area (Å²) in [7, 11) is 0. The van der Waals surface area contributed by atoms with Crippen LogP contribution in [0.3, 0.4) is 0 Å².